The fourth-order valence-electron chi connectivity index (χ4n) is 2.39. The Morgan fingerprint density at radius 1 is 1.38 bits per heavy atom. The van der Waals surface area contributed by atoms with Crippen molar-refractivity contribution < 1.29 is 4.79 Å². The van der Waals surface area contributed by atoms with Gasteiger partial charge in [-0.25, -0.2) is 0 Å². The van der Waals surface area contributed by atoms with Crippen LogP contribution in [-0.4, -0.2) is 23.4 Å². The largest absolute Gasteiger partial charge is 0.336 e. The third kappa shape index (κ3) is 2.11. The molecule has 0 radical (unpaired) electrons. The lowest BCUT2D eigenvalue weighted by Gasteiger charge is -2.23. The van der Waals surface area contributed by atoms with E-state index in [4.69, 9.17) is 0 Å². The Morgan fingerprint density at radius 3 is 2.69 bits per heavy atom. The first-order valence-corrected chi connectivity index (χ1v) is 6.10. The van der Waals surface area contributed by atoms with E-state index >= 15 is 0 Å². The van der Waals surface area contributed by atoms with Gasteiger partial charge in [-0.2, -0.15) is 0 Å². The second-order valence-electron chi connectivity index (χ2n) is 4.57. The van der Waals surface area contributed by atoms with Crippen LogP contribution in [0.1, 0.15) is 42.1 Å². The van der Waals surface area contributed by atoms with Gasteiger partial charge in [-0.05, 0) is 38.3 Å². The van der Waals surface area contributed by atoms with Crippen LogP contribution in [0.3, 0.4) is 0 Å². The van der Waals surface area contributed by atoms with E-state index in [9.17, 15) is 4.79 Å². The lowest BCUT2D eigenvalue weighted by Crippen LogP contribution is -2.35. The maximum absolute atomic E-state index is 12.3. The summed E-state index contributed by atoms with van der Waals surface area (Å²) in [7, 11) is 0. The predicted molar refractivity (Wildman–Crippen MR) is 65.5 cm³/mol. The number of amides is 1. The van der Waals surface area contributed by atoms with Crippen molar-refractivity contribution in [2.75, 3.05) is 6.54 Å². The van der Waals surface area contributed by atoms with Crippen molar-refractivity contribution in [3.05, 3.63) is 35.4 Å². The summed E-state index contributed by atoms with van der Waals surface area (Å²) >= 11 is 0. The van der Waals surface area contributed by atoms with Gasteiger partial charge in [0.1, 0.15) is 0 Å². The van der Waals surface area contributed by atoms with Crippen LogP contribution < -0.4 is 0 Å². The summed E-state index contributed by atoms with van der Waals surface area (Å²) in [5, 5.41) is 0. The smallest absolute Gasteiger partial charge is 0.254 e. The third-order valence-electron chi connectivity index (χ3n) is 3.41. The van der Waals surface area contributed by atoms with Crippen LogP contribution in [0.15, 0.2) is 24.3 Å². The second-order valence-corrected chi connectivity index (χ2v) is 4.57. The van der Waals surface area contributed by atoms with Crippen LogP contribution in [-0.2, 0) is 0 Å². The van der Waals surface area contributed by atoms with Crippen molar-refractivity contribution in [1.82, 2.24) is 4.90 Å². The van der Waals surface area contributed by atoms with Gasteiger partial charge in [0.25, 0.3) is 5.91 Å². The molecule has 2 nitrogen and oxygen atoms in total. The van der Waals surface area contributed by atoms with Crippen molar-refractivity contribution in [3.63, 3.8) is 0 Å². The van der Waals surface area contributed by atoms with Gasteiger partial charge in [0, 0.05) is 18.2 Å². The Bertz CT molecular complexity index is 369. The number of rotatable bonds is 2. The molecule has 0 N–H and O–H groups in total. The molecular formula is C14H19NO. The summed E-state index contributed by atoms with van der Waals surface area (Å²) in [4.78, 5) is 14.3. The van der Waals surface area contributed by atoms with Gasteiger partial charge >= 0.3 is 0 Å². The van der Waals surface area contributed by atoms with Gasteiger partial charge in [0.15, 0.2) is 0 Å². The van der Waals surface area contributed by atoms with E-state index in [1.807, 2.05) is 36.1 Å². The first-order chi connectivity index (χ1) is 7.72. The molecule has 1 atom stereocenters. The van der Waals surface area contributed by atoms with Crippen molar-refractivity contribution in [2.24, 2.45) is 0 Å². The highest BCUT2D eigenvalue weighted by Gasteiger charge is 2.27. The van der Waals surface area contributed by atoms with Crippen LogP contribution in [0, 0.1) is 6.92 Å². The monoisotopic (exact) mass is 217 g/mol. The molecule has 0 aliphatic carbocycles. The van der Waals surface area contributed by atoms with Gasteiger partial charge in [-0.3, -0.25) is 4.79 Å². The summed E-state index contributed by atoms with van der Waals surface area (Å²) in [5.74, 6) is 0.198. The summed E-state index contributed by atoms with van der Waals surface area (Å²) in [5.41, 5.74) is 2.02. The molecule has 2 rings (SSSR count). The minimum Gasteiger partial charge on any atom is -0.336 e. The zero-order valence-corrected chi connectivity index (χ0v) is 10.1. The molecule has 0 bridgehead atoms. The number of carbonyl (C=O) groups is 1. The van der Waals surface area contributed by atoms with E-state index in [1.165, 1.54) is 5.56 Å². The topological polar surface area (TPSA) is 20.3 Å². The molecule has 1 aromatic rings. The number of carbonyl (C=O) groups excluding carboxylic acids is 1. The molecule has 0 saturated carbocycles. The highest BCUT2D eigenvalue weighted by Crippen LogP contribution is 2.22. The van der Waals surface area contributed by atoms with E-state index in [1.54, 1.807) is 0 Å². The molecule has 1 unspecified atom stereocenters. The molecule has 86 valence electrons. The van der Waals surface area contributed by atoms with E-state index < -0.39 is 0 Å². The zero-order chi connectivity index (χ0) is 11.5. The van der Waals surface area contributed by atoms with Gasteiger partial charge in [-0.1, -0.05) is 24.6 Å². The Balaban J connectivity index is 2.15. The maximum atomic E-state index is 12.3. The Kier molecular flexibility index (Phi) is 3.28. The number of likely N-dealkylation sites (tertiary alicyclic amines) is 1. The fraction of sp³-hybridized carbons (Fsp3) is 0.500. The number of benzene rings is 1. The molecule has 1 aliphatic heterocycles. The van der Waals surface area contributed by atoms with Crippen molar-refractivity contribution in [3.8, 4) is 0 Å². The SMILES string of the molecule is CCC1CCCN1C(=O)c1ccc(C)cc1. The summed E-state index contributed by atoms with van der Waals surface area (Å²) in [6, 6.07) is 8.33. The van der Waals surface area contributed by atoms with Crippen molar-refractivity contribution >= 4 is 5.91 Å². The quantitative estimate of drug-likeness (QED) is 0.745. The number of nitrogens with zero attached hydrogens (tertiary/aromatic N) is 1. The average Bonchev–Trinajstić information content (AvgIpc) is 2.77. The third-order valence-corrected chi connectivity index (χ3v) is 3.41. The lowest BCUT2D eigenvalue weighted by molar-refractivity contribution is 0.0733. The minimum atomic E-state index is 0.198. The summed E-state index contributed by atoms with van der Waals surface area (Å²) < 4.78 is 0. The molecule has 1 amide bonds. The van der Waals surface area contributed by atoms with Crippen molar-refractivity contribution in [1.29, 1.82) is 0 Å². The van der Waals surface area contributed by atoms with Crippen molar-refractivity contribution in [2.45, 2.75) is 39.2 Å². The van der Waals surface area contributed by atoms with Crippen LogP contribution in [0.25, 0.3) is 0 Å². The Hall–Kier alpha value is -1.31. The summed E-state index contributed by atoms with van der Waals surface area (Å²) in [6.07, 6.45) is 3.38. The molecule has 0 aromatic heterocycles. The molecule has 2 heteroatoms. The summed E-state index contributed by atoms with van der Waals surface area (Å²) in [6.45, 7) is 5.12. The minimum absolute atomic E-state index is 0.198. The fourth-order valence-corrected chi connectivity index (χ4v) is 2.39. The van der Waals surface area contributed by atoms with Crippen LogP contribution in [0.2, 0.25) is 0 Å². The van der Waals surface area contributed by atoms with E-state index in [2.05, 4.69) is 6.92 Å². The molecule has 1 fully saturated rings. The van der Waals surface area contributed by atoms with E-state index in [-0.39, 0.29) is 5.91 Å². The zero-order valence-electron chi connectivity index (χ0n) is 10.1. The Labute approximate surface area is 97.3 Å². The van der Waals surface area contributed by atoms with E-state index in [0.717, 1.165) is 31.4 Å². The molecule has 1 aliphatic rings. The molecule has 16 heavy (non-hydrogen) atoms. The Morgan fingerprint density at radius 2 is 2.06 bits per heavy atom. The lowest BCUT2D eigenvalue weighted by atomic mass is 10.1. The maximum Gasteiger partial charge on any atom is 0.254 e. The van der Waals surface area contributed by atoms with E-state index in [0.29, 0.717) is 6.04 Å². The predicted octanol–water partition coefficient (Wildman–Crippen LogP) is 3.01. The highest BCUT2D eigenvalue weighted by atomic mass is 16.2. The number of aryl methyl sites for hydroxylation is 1. The van der Waals surface area contributed by atoms with Crippen LogP contribution >= 0.6 is 0 Å². The van der Waals surface area contributed by atoms with Crippen LogP contribution in [0.5, 0.6) is 0 Å². The standard InChI is InChI=1S/C14H19NO/c1-3-13-5-4-10-15(13)14(16)12-8-6-11(2)7-9-12/h6-9,13H,3-5,10H2,1-2H3. The normalized spacial score (nSPS) is 20.1. The van der Waals surface area contributed by atoms with Gasteiger partial charge in [-0.15, -0.1) is 0 Å². The second kappa shape index (κ2) is 4.69. The molecule has 1 aromatic carbocycles. The average molecular weight is 217 g/mol. The van der Waals surface area contributed by atoms with Gasteiger partial charge in [0.2, 0.25) is 0 Å². The molecule has 1 heterocycles. The first-order valence-electron chi connectivity index (χ1n) is 6.10. The molecule has 0 spiro atoms. The van der Waals surface area contributed by atoms with Crippen LogP contribution in [0.4, 0.5) is 0 Å². The highest BCUT2D eigenvalue weighted by molar-refractivity contribution is 5.94. The number of hydrogen-bond donors (Lipinski definition) is 0. The van der Waals surface area contributed by atoms with Gasteiger partial charge in [0.05, 0.1) is 0 Å². The van der Waals surface area contributed by atoms with Gasteiger partial charge < -0.3 is 4.90 Å². The number of hydrogen-bond acceptors (Lipinski definition) is 1. The first kappa shape index (κ1) is 11.2. The molecule has 1 saturated heterocycles. The molecular weight excluding hydrogens is 198 g/mol.